The number of likely N-dealkylation sites (N-methyl/N-ethyl adjacent to an activating group) is 1. The van der Waals surface area contributed by atoms with Crippen LogP contribution in [0.2, 0.25) is 0 Å². The van der Waals surface area contributed by atoms with Crippen molar-refractivity contribution in [1.29, 1.82) is 0 Å². The Kier molecular flexibility index (Phi) is 19.8. The van der Waals surface area contributed by atoms with Crippen molar-refractivity contribution in [3.63, 3.8) is 0 Å². The number of ether oxygens (including phenoxy) is 1. The van der Waals surface area contributed by atoms with E-state index in [9.17, 15) is 24.0 Å². The molecular weight excluding hydrogens is 773 g/mol. The smallest absolute Gasteiger partial charge is 0.308 e. The van der Waals surface area contributed by atoms with Crippen LogP contribution in [0, 0.1) is 6.92 Å². The molecule has 0 aliphatic heterocycles. The molecule has 0 unspecified atom stereocenters. The number of hydrogen-bond donors (Lipinski definition) is 0. The van der Waals surface area contributed by atoms with E-state index in [-0.39, 0.29) is 94.6 Å². The number of aryl methyl sites for hydroxylation is 1. The van der Waals surface area contributed by atoms with Gasteiger partial charge in [0.25, 0.3) is 0 Å². The second kappa shape index (κ2) is 24.2. The van der Waals surface area contributed by atoms with Crippen molar-refractivity contribution in [3.8, 4) is 0 Å². The van der Waals surface area contributed by atoms with E-state index in [0.717, 1.165) is 18.7 Å². The number of carbonyl (C=O) groups is 5. The first-order chi connectivity index (χ1) is 28.8. The number of quaternary nitrogens is 1. The Labute approximate surface area is 364 Å². The summed E-state index contributed by atoms with van der Waals surface area (Å²) in [7, 11) is 4.27. The van der Waals surface area contributed by atoms with E-state index in [2.05, 4.69) is 62.2 Å². The average Bonchev–Trinajstić information content (AvgIpc) is 3.64. The molecule has 14 heteroatoms. The van der Waals surface area contributed by atoms with Crippen LogP contribution in [0.5, 0.6) is 0 Å². The summed E-state index contributed by atoms with van der Waals surface area (Å²) in [6, 6.07) is 18.2. The first-order valence-electron chi connectivity index (χ1n) is 21.5. The molecule has 0 aliphatic carbocycles. The topological polar surface area (TPSA) is 138 Å². The van der Waals surface area contributed by atoms with E-state index in [4.69, 9.17) is 4.74 Å². The SMILES string of the molecule is C=CCN(CCC(=O)N(CCC(=O)N(CCC(=O)OC(C)(C)C)Cc1cn(Cc2ccccc2)nn1)[C@@H](C)CC)C(=O)CCN(CC[N+](C)(C)Cc1ccc(C)cc1)C(C)=O. The average molecular weight is 844 g/mol. The third-order valence-corrected chi connectivity index (χ3v) is 10.5. The second-order valence-electron chi connectivity index (χ2n) is 17.6. The molecular formula is C47H71N8O6+. The Bertz CT molecular complexity index is 1870. The summed E-state index contributed by atoms with van der Waals surface area (Å²) in [5.74, 6) is -1.09. The van der Waals surface area contributed by atoms with Crippen molar-refractivity contribution in [2.45, 2.75) is 112 Å². The molecule has 14 nitrogen and oxygen atoms in total. The lowest BCUT2D eigenvalue weighted by Gasteiger charge is -2.33. The maximum absolute atomic E-state index is 13.9. The summed E-state index contributed by atoms with van der Waals surface area (Å²) in [4.78, 5) is 73.2. The number of benzene rings is 2. The minimum Gasteiger partial charge on any atom is -0.460 e. The Hall–Kier alpha value is -5.37. The zero-order valence-electron chi connectivity index (χ0n) is 38.3. The van der Waals surface area contributed by atoms with Gasteiger partial charge in [0.15, 0.2) is 0 Å². The molecule has 3 rings (SSSR count). The lowest BCUT2D eigenvalue weighted by Crippen LogP contribution is -2.46. The van der Waals surface area contributed by atoms with Crippen LogP contribution in [-0.2, 0) is 48.3 Å². The van der Waals surface area contributed by atoms with E-state index in [1.165, 1.54) is 18.1 Å². The van der Waals surface area contributed by atoms with E-state index in [1.807, 2.05) is 44.2 Å². The molecule has 4 amide bonds. The first-order valence-corrected chi connectivity index (χ1v) is 21.5. The zero-order valence-corrected chi connectivity index (χ0v) is 38.3. The van der Waals surface area contributed by atoms with Crippen molar-refractivity contribution in [3.05, 3.63) is 95.8 Å². The maximum Gasteiger partial charge on any atom is 0.308 e. The van der Waals surface area contributed by atoms with Crippen LogP contribution in [0.4, 0.5) is 0 Å². The molecule has 0 saturated heterocycles. The van der Waals surface area contributed by atoms with Gasteiger partial charge in [0.2, 0.25) is 23.6 Å². The predicted octanol–water partition coefficient (Wildman–Crippen LogP) is 5.63. The molecule has 1 aromatic heterocycles. The Morgan fingerprint density at radius 3 is 2.05 bits per heavy atom. The summed E-state index contributed by atoms with van der Waals surface area (Å²) in [6.45, 7) is 20.4. The summed E-state index contributed by atoms with van der Waals surface area (Å²) in [5.41, 5.74) is 3.40. The number of rotatable bonds is 25. The van der Waals surface area contributed by atoms with Crippen LogP contribution in [0.3, 0.4) is 0 Å². The summed E-state index contributed by atoms with van der Waals surface area (Å²) in [6.07, 6.45) is 4.30. The predicted molar refractivity (Wildman–Crippen MR) is 238 cm³/mol. The monoisotopic (exact) mass is 844 g/mol. The van der Waals surface area contributed by atoms with Gasteiger partial charge in [0, 0.05) is 70.5 Å². The molecule has 1 atom stereocenters. The molecule has 61 heavy (non-hydrogen) atoms. The number of hydrogen-bond acceptors (Lipinski definition) is 8. The van der Waals surface area contributed by atoms with Crippen molar-refractivity contribution in [2.75, 3.05) is 59.9 Å². The van der Waals surface area contributed by atoms with Crippen molar-refractivity contribution in [1.82, 2.24) is 34.6 Å². The third kappa shape index (κ3) is 18.4. The van der Waals surface area contributed by atoms with Crippen LogP contribution in [0.15, 0.2) is 73.4 Å². The molecule has 0 radical (unpaired) electrons. The fraction of sp³-hybridized carbons (Fsp3) is 0.553. The lowest BCUT2D eigenvalue weighted by atomic mass is 10.1. The molecule has 3 aromatic rings. The van der Waals surface area contributed by atoms with Crippen LogP contribution in [0.25, 0.3) is 0 Å². The minimum absolute atomic E-state index is 0.00224. The molecule has 0 fully saturated rings. The summed E-state index contributed by atoms with van der Waals surface area (Å²) in [5, 5.41) is 8.55. The number of amides is 4. The van der Waals surface area contributed by atoms with Crippen LogP contribution >= 0.6 is 0 Å². The van der Waals surface area contributed by atoms with E-state index >= 15 is 0 Å². The van der Waals surface area contributed by atoms with Crippen LogP contribution in [-0.4, -0.2) is 140 Å². The quantitative estimate of drug-likeness (QED) is 0.0608. The van der Waals surface area contributed by atoms with Gasteiger partial charge in [-0.1, -0.05) is 78.4 Å². The fourth-order valence-electron chi connectivity index (χ4n) is 6.87. The van der Waals surface area contributed by atoms with Gasteiger partial charge >= 0.3 is 5.97 Å². The molecule has 0 spiro atoms. The number of aromatic nitrogens is 3. The van der Waals surface area contributed by atoms with Crippen molar-refractivity contribution in [2.24, 2.45) is 0 Å². The highest BCUT2D eigenvalue weighted by atomic mass is 16.6. The largest absolute Gasteiger partial charge is 0.460 e. The van der Waals surface area contributed by atoms with Crippen molar-refractivity contribution < 1.29 is 33.2 Å². The maximum atomic E-state index is 13.9. The van der Waals surface area contributed by atoms with Gasteiger partial charge in [-0.15, -0.1) is 11.7 Å². The van der Waals surface area contributed by atoms with Gasteiger partial charge in [-0.2, -0.15) is 0 Å². The van der Waals surface area contributed by atoms with Gasteiger partial charge in [-0.3, -0.25) is 24.0 Å². The Morgan fingerprint density at radius 2 is 1.43 bits per heavy atom. The lowest BCUT2D eigenvalue weighted by molar-refractivity contribution is -0.903. The van der Waals surface area contributed by atoms with Gasteiger partial charge in [-0.05, 0) is 46.6 Å². The zero-order chi connectivity index (χ0) is 45.2. The van der Waals surface area contributed by atoms with Gasteiger partial charge in [0.05, 0.1) is 52.9 Å². The third-order valence-electron chi connectivity index (χ3n) is 10.5. The fourth-order valence-corrected chi connectivity index (χ4v) is 6.87. The highest BCUT2D eigenvalue weighted by Crippen LogP contribution is 2.15. The van der Waals surface area contributed by atoms with E-state index in [1.54, 1.807) is 57.3 Å². The molecule has 0 aliphatic rings. The Balaban J connectivity index is 1.62. The molecule has 334 valence electrons. The number of esters is 1. The molecule has 0 bridgehead atoms. The molecule has 0 saturated carbocycles. The molecule has 0 N–H and O–H groups in total. The first kappa shape index (κ1) is 50.0. The molecule has 2 aromatic carbocycles. The van der Waals surface area contributed by atoms with Crippen molar-refractivity contribution >= 4 is 29.6 Å². The van der Waals surface area contributed by atoms with Gasteiger partial charge < -0.3 is 28.8 Å². The normalized spacial score (nSPS) is 12.0. The highest BCUT2D eigenvalue weighted by Gasteiger charge is 2.26. The van der Waals surface area contributed by atoms with Gasteiger partial charge in [0.1, 0.15) is 17.8 Å². The van der Waals surface area contributed by atoms with Crippen LogP contribution in [0.1, 0.15) is 96.0 Å². The summed E-state index contributed by atoms with van der Waals surface area (Å²) >= 11 is 0. The number of carbonyl (C=O) groups excluding carboxylic acids is 5. The minimum atomic E-state index is -0.664. The summed E-state index contributed by atoms with van der Waals surface area (Å²) < 4.78 is 7.91. The van der Waals surface area contributed by atoms with E-state index in [0.29, 0.717) is 29.7 Å². The van der Waals surface area contributed by atoms with Crippen LogP contribution < -0.4 is 0 Å². The molecule has 1 heterocycles. The van der Waals surface area contributed by atoms with E-state index < -0.39 is 11.6 Å². The standard InChI is InChI=1S/C47H71N8O6/c1-11-26-51(43(57)22-27-50(39(5)56)31-32-55(9,10)36-41-20-18-37(3)19-21-41)28-23-45(59)54(38(4)12-2)30-24-44(58)52(29-25-46(60)61-47(6,7)8)34-42-35-53(49-48-42)33-40-16-14-13-15-17-40/h11,13-21,35,38H,1,12,22-34,36H2,2-10H3/q+1/t38-/m0/s1. The highest BCUT2D eigenvalue weighted by molar-refractivity contribution is 5.81. The Morgan fingerprint density at radius 1 is 0.820 bits per heavy atom. The number of nitrogens with zero attached hydrogens (tertiary/aromatic N) is 8. The second-order valence-corrected chi connectivity index (χ2v) is 17.6. The van der Waals surface area contributed by atoms with Gasteiger partial charge in [-0.25, -0.2) is 4.68 Å².